The van der Waals surface area contributed by atoms with Gasteiger partial charge in [0.15, 0.2) is 0 Å². The minimum Gasteiger partial charge on any atom is -0.497 e. The monoisotopic (exact) mass is 355 g/mol. The normalized spacial score (nSPS) is 12.3. The molecule has 112 valence electrons. The molecule has 2 rings (SSSR count). The zero-order valence-electron chi connectivity index (χ0n) is 12.0. The molecule has 1 unspecified atom stereocenters. The summed E-state index contributed by atoms with van der Waals surface area (Å²) >= 11 is 3.44. The average Bonchev–Trinajstić information content (AvgIpc) is 2.46. The van der Waals surface area contributed by atoms with Crippen molar-refractivity contribution in [2.45, 2.75) is 13.0 Å². The molecule has 1 N–H and O–H groups in total. The highest BCUT2D eigenvalue weighted by atomic mass is 79.9. The molecule has 0 spiro atoms. The van der Waals surface area contributed by atoms with E-state index in [-0.39, 0.29) is 11.3 Å². The first-order valence-corrected chi connectivity index (χ1v) is 7.24. The van der Waals surface area contributed by atoms with E-state index in [1.165, 1.54) is 19.2 Å². The van der Waals surface area contributed by atoms with Crippen LogP contribution < -0.4 is 10.1 Å². The number of rotatable bonds is 4. The van der Waals surface area contributed by atoms with Crippen molar-refractivity contribution in [1.82, 2.24) is 5.32 Å². The Morgan fingerprint density at radius 2 is 1.81 bits per heavy atom. The first kappa shape index (κ1) is 15.9. The molecular formula is C16H16BrF2NO. The maximum absolute atomic E-state index is 14.3. The Kier molecular flexibility index (Phi) is 4.96. The second-order valence-electron chi connectivity index (χ2n) is 4.68. The summed E-state index contributed by atoms with van der Waals surface area (Å²) in [5.41, 5.74) is 1.74. The van der Waals surface area contributed by atoms with Crippen molar-refractivity contribution in [1.29, 1.82) is 0 Å². The van der Waals surface area contributed by atoms with E-state index in [0.29, 0.717) is 0 Å². The van der Waals surface area contributed by atoms with Crippen molar-refractivity contribution >= 4 is 15.9 Å². The first-order valence-electron chi connectivity index (χ1n) is 6.44. The molecule has 0 saturated carbocycles. The predicted octanol–water partition coefficient (Wildman–Crippen LogP) is 4.35. The summed E-state index contributed by atoms with van der Waals surface area (Å²) in [4.78, 5) is 0. The van der Waals surface area contributed by atoms with Crippen LogP contribution in [0.3, 0.4) is 0 Å². The van der Waals surface area contributed by atoms with Gasteiger partial charge in [0.25, 0.3) is 0 Å². The van der Waals surface area contributed by atoms with Crippen LogP contribution in [0.4, 0.5) is 8.78 Å². The maximum Gasteiger partial charge on any atom is 0.134 e. The Labute approximate surface area is 131 Å². The third kappa shape index (κ3) is 3.09. The quantitative estimate of drug-likeness (QED) is 0.879. The molecular weight excluding hydrogens is 340 g/mol. The molecule has 1 atom stereocenters. The Balaban J connectivity index is 2.59. The van der Waals surface area contributed by atoms with Crippen LogP contribution in [0.15, 0.2) is 34.8 Å². The van der Waals surface area contributed by atoms with Gasteiger partial charge in [-0.05, 0) is 31.2 Å². The highest BCUT2D eigenvalue weighted by Gasteiger charge is 2.23. The van der Waals surface area contributed by atoms with E-state index in [9.17, 15) is 8.78 Å². The number of hydrogen-bond donors (Lipinski definition) is 1. The molecule has 0 fully saturated rings. The lowest BCUT2D eigenvalue weighted by atomic mass is 9.94. The zero-order chi connectivity index (χ0) is 15.6. The highest BCUT2D eigenvalue weighted by molar-refractivity contribution is 9.10. The molecule has 0 saturated heterocycles. The third-order valence-corrected chi connectivity index (χ3v) is 4.35. The van der Waals surface area contributed by atoms with Gasteiger partial charge in [-0.25, -0.2) is 8.78 Å². The van der Waals surface area contributed by atoms with Crippen molar-refractivity contribution in [3.63, 3.8) is 0 Å². The van der Waals surface area contributed by atoms with Crippen LogP contribution in [0, 0.1) is 18.6 Å². The van der Waals surface area contributed by atoms with Gasteiger partial charge in [-0.1, -0.05) is 28.1 Å². The van der Waals surface area contributed by atoms with Gasteiger partial charge < -0.3 is 10.1 Å². The SMILES string of the molecule is CNC(c1cccc(Br)c1C)c1c(F)cc(OC)cc1F. The summed E-state index contributed by atoms with van der Waals surface area (Å²) in [5, 5.41) is 2.98. The fourth-order valence-electron chi connectivity index (χ4n) is 2.35. The van der Waals surface area contributed by atoms with E-state index in [4.69, 9.17) is 4.74 Å². The van der Waals surface area contributed by atoms with E-state index >= 15 is 0 Å². The van der Waals surface area contributed by atoms with Crippen molar-refractivity contribution < 1.29 is 13.5 Å². The molecule has 0 radical (unpaired) electrons. The number of hydrogen-bond acceptors (Lipinski definition) is 2. The Hall–Kier alpha value is -1.46. The molecule has 2 aromatic rings. The fourth-order valence-corrected chi connectivity index (χ4v) is 2.73. The van der Waals surface area contributed by atoms with Gasteiger partial charge in [0.05, 0.1) is 13.2 Å². The lowest BCUT2D eigenvalue weighted by Crippen LogP contribution is -2.21. The standard InChI is InChI=1S/C16H16BrF2NO/c1-9-11(5-4-6-12(9)17)16(20-2)15-13(18)7-10(21-3)8-14(15)19/h4-8,16,20H,1-3H3. The van der Waals surface area contributed by atoms with Crippen LogP contribution in [0.1, 0.15) is 22.7 Å². The van der Waals surface area contributed by atoms with Gasteiger partial charge in [0, 0.05) is 22.2 Å². The number of nitrogens with one attached hydrogen (secondary N) is 1. The van der Waals surface area contributed by atoms with Crippen molar-refractivity contribution in [3.05, 3.63) is 63.1 Å². The number of methoxy groups -OCH3 is 1. The van der Waals surface area contributed by atoms with E-state index in [0.717, 1.165) is 15.6 Å². The second kappa shape index (κ2) is 6.54. The summed E-state index contributed by atoms with van der Waals surface area (Å²) in [6, 6.07) is 7.40. The molecule has 0 aliphatic heterocycles. The van der Waals surface area contributed by atoms with E-state index in [2.05, 4.69) is 21.2 Å². The van der Waals surface area contributed by atoms with Gasteiger partial charge in [-0.2, -0.15) is 0 Å². The lowest BCUT2D eigenvalue weighted by Gasteiger charge is -2.21. The molecule has 2 aromatic carbocycles. The van der Waals surface area contributed by atoms with Gasteiger partial charge in [0.1, 0.15) is 17.4 Å². The van der Waals surface area contributed by atoms with E-state index in [1.807, 2.05) is 25.1 Å². The van der Waals surface area contributed by atoms with Crippen LogP contribution >= 0.6 is 15.9 Å². The summed E-state index contributed by atoms with van der Waals surface area (Å²) < 4.78 is 34.3. The fraction of sp³-hybridized carbons (Fsp3) is 0.250. The molecule has 0 aromatic heterocycles. The molecule has 0 aliphatic rings. The molecule has 21 heavy (non-hydrogen) atoms. The molecule has 0 heterocycles. The van der Waals surface area contributed by atoms with Crippen LogP contribution in [-0.4, -0.2) is 14.2 Å². The summed E-state index contributed by atoms with van der Waals surface area (Å²) in [6.45, 7) is 1.91. The molecule has 0 aliphatic carbocycles. The topological polar surface area (TPSA) is 21.3 Å². The Morgan fingerprint density at radius 1 is 1.19 bits per heavy atom. The largest absolute Gasteiger partial charge is 0.497 e. The number of benzene rings is 2. The van der Waals surface area contributed by atoms with Crippen LogP contribution in [0.25, 0.3) is 0 Å². The highest BCUT2D eigenvalue weighted by Crippen LogP contribution is 2.33. The molecule has 0 bridgehead atoms. The molecule has 0 amide bonds. The van der Waals surface area contributed by atoms with Crippen LogP contribution in [-0.2, 0) is 0 Å². The Morgan fingerprint density at radius 3 is 2.33 bits per heavy atom. The third-order valence-electron chi connectivity index (χ3n) is 3.49. The van der Waals surface area contributed by atoms with Crippen molar-refractivity contribution in [3.8, 4) is 5.75 Å². The Bertz CT molecular complexity index is 638. The van der Waals surface area contributed by atoms with Gasteiger partial charge >= 0.3 is 0 Å². The predicted molar refractivity (Wildman–Crippen MR) is 82.7 cm³/mol. The van der Waals surface area contributed by atoms with Gasteiger partial charge in [-0.3, -0.25) is 0 Å². The van der Waals surface area contributed by atoms with E-state index < -0.39 is 17.7 Å². The number of halogens is 3. The van der Waals surface area contributed by atoms with E-state index in [1.54, 1.807) is 7.05 Å². The summed E-state index contributed by atoms with van der Waals surface area (Å²) in [6.07, 6.45) is 0. The minimum absolute atomic E-state index is 0.0144. The smallest absolute Gasteiger partial charge is 0.134 e. The maximum atomic E-state index is 14.3. The summed E-state index contributed by atoms with van der Waals surface area (Å²) in [5.74, 6) is -1.11. The van der Waals surface area contributed by atoms with Crippen LogP contribution in [0.5, 0.6) is 5.75 Å². The van der Waals surface area contributed by atoms with Crippen molar-refractivity contribution in [2.75, 3.05) is 14.2 Å². The minimum atomic E-state index is -0.634. The second-order valence-corrected chi connectivity index (χ2v) is 5.53. The summed E-state index contributed by atoms with van der Waals surface area (Å²) in [7, 11) is 3.05. The number of ether oxygens (including phenoxy) is 1. The molecule has 5 heteroatoms. The van der Waals surface area contributed by atoms with Gasteiger partial charge in [-0.15, -0.1) is 0 Å². The van der Waals surface area contributed by atoms with Crippen molar-refractivity contribution in [2.24, 2.45) is 0 Å². The van der Waals surface area contributed by atoms with Crippen LogP contribution in [0.2, 0.25) is 0 Å². The zero-order valence-corrected chi connectivity index (χ0v) is 13.6. The first-order chi connectivity index (χ1) is 9.99. The molecule has 2 nitrogen and oxygen atoms in total. The van der Waals surface area contributed by atoms with Gasteiger partial charge in [0.2, 0.25) is 0 Å². The lowest BCUT2D eigenvalue weighted by molar-refractivity contribution is 0.403. The average molecular weight is 356 g/mol.